The number of nitrogens with one attached hydrogen (secondary N) is 1. The van der Waals surface area contributed by atoms with E-state index >= 15 is 0 Å². The summed E-state index contributed by atoms with van der Waals surface area (Å²) in [6.45, 7) is 0. The molecule has 0 aliphatic carbocycles. The Morgan fingerprint density at radius 3 is 2.60 bits per heavy atom. The van der Waals surface area contributed by atoms with E-state index in [1.165, 1.54) is 0 Å². The summed E-state index contributed by atoms with van der Waals surface area (Å²) in [4.78, 5) is 22.1. The van der Waals surface area contributed by atoms with Gasteiger partial charge in [0.1, 0.15) is 11.5 Å². The first-order valence-corrected chi connectivity index (χ1v) is 6.28. The average molecular weight is 339 g/mol. The van der Waals surface area contributed by atoms with Crippen LogP contribution in [-0.4, -0.2) is 10.8 Å². The molecule has 0 aromatic heterocycles. The third-order valence-electron chi connectivity index (χ3n) is 2.52. The van der Waals surface area contributed by atoms with Crippen molar-refractivity contribution in [1.82, 2.24) is 0 Å². The zero-order chi connectivity index (χ0) is 14.7. The van der Waals surface area contributed by atoms with Gasteiger partial charge in [-0.1, -0.05) is 12.1 Å². The topological polar surface area (TPSA) is 72.2 Å². The molecule has 102 valence electrons. The van der Waals surface area contributed by atoms with E-state index in [0.29, 0.717) is 10.0 Å². The fraction of sp³-hybridized carbons (Fsp3) is 0. The van der Waals surface area contributed by atoms with Gasteiger partial charge in [0.25, 0.3) is 11.6 Å². The molecule has 20 heavy (non-hydrogen) atoms. The Bertz CT molecular complexity index is 691. The van der Waals surface area contributed by atoms with Crippen molar-refractivity contribution in [2.75, 3.05) is 5.32 Å². The van der Waals surface area contributed by atoms with Crippen LogP contribution in [0.15, 0.2) is 46.9 Å². The Morgan fingerprint density at radius 1 is 1.25 bits per heavy atom. The number of hydrogen-bond acceptors (Lipinski definition) is 3. The molecular formula is C13H8BrFN2O3. The first-order chi connectivity index (χ1) is 9.49. The maximum absolute atomic E-state index is 13.0. The molecule has 0 unspecified atom stereocenters. The minimum Gasteiger partial charge on any atom is -0.316 e. The molecule has 0 aliphatic rings. The van der Waals surface area contributed by atoms with E-state index in [2.05, 4.69) is 21.2 Å². The molecule has 2 aromatic carbocycles. The maximum atomic E-state index is 13.0. The SMILES string of the molecule is O=C(Nc1ccc(F)cc1[N+](=O)[O-])c1ccccc1Br. The van der Waals surface area contributed by atoms with E-state index in [0.717, 1.165) is 18.2 Å². The lowest BCUT2D eigenvalue weighted by Crippen LogP contribution is -2.13. The molecule has 0 aliphatic heterocycles. The van der Waals surface area contributed by atoms with Crippen molar-refractivity contribution in [1.29, 1.82) is 0 Å². The van der Waals surface area contributed by atoms with Gasteiger partial charge in [-0.15, -0.1) is 0 Å². The van der Waals surface area contributed by atoms with Crippen molar-refractivity contribution < 1.29 is 14.1 Å². The van der Waals surface area contributed by atoms with Gasteiger partial charge in [-0.3, -0.25) is 14.9 Å². The second-order valence-electron chi connectivity index (χ2n) is 3.85. The number of rotatable bonds is 3. The third kappa shape index (κ3) is 3.00. The monoisotopic (exact) mass is 338 g/mol. The maximum Gasteiger partial charge on any atom is 0.295 e. The van der Waals surface area contributed by atoms with Crippen LogP contribution >= 0.6 is 15.9 Å². The number of nitro benzene ring substituents is 1. The molecule has 2 rings (SSSR count). The summed E-state index contributed by atoms with van der Waals surface area (Å²) >= 11 is 3.21. The van der Waals surface area contributed by atoms with Crippen LogP contribution in [0.25, 0.3) is 0 Å². The smallest absolute Gasteiger partial charge is 0.295 e. The average Bonchev–Trinajstić information content (AvgIpc) is 2.41. The minimum absolute atomic E-state index is 0.0582. The van der Waals surface area contributed by atoms with Gasteiger partial charge < -0.3 is 5.32 Å². The van der Waals surface area contributed by atoms with E-state index in [1.807, 2.05) is 0 Å². The van der Waals surface area contributed by atoms with Crippen molar-refractivity contribution in [3.05, 3.63) is 68.4 Å². The van der Waals surface area contributed by atoms with Crippen molar-refractivity contribution in [3.63, 3.8) is 0 Å². The first kappa shape index (κ1) is 14.1. The summed E-state index contributed by atoms with van der Waals surface area (Å²) in [6, 6.07) is 9.60. The molecular weight excluding hydrogens is 331 g/mol. The Balaban J connectivity index is 2.33. The highest BCUT2D eigenvalue weighted by Gasteiger charge is 2.18. The highest BCUT2D eigenvalue weighted by Crippen LogP contribution is 2.26. The lowest BCUT2D eigenvalue weighted by molar-refractivity contribution is -0.384. The van der Waals surface area contributed by atoms with Crippen molar-refractivity contribution >= 4 is 33.2 Å². The highest BCUT2D eigenvalue weighted by molar-refractivity contribution is 9.10. The Hall–Kier alpha value is -2.28. The second-order valence-corrected chi connectivity index (χ2v) is 4.71. The zero-order valence-corrected chi connectivity index (χ0v) is 11.6. The third-order valence-corrected chi connectivity index (χ3v) is 3.21. The Kier molecular flexibility index (Phi) is 4.09. The van der Waals surface area contributed by atoms with Crippen LogP contribution in [0.2, 0.25) is 0 Å². The summed E-state index contributed by atoms with van der Waals surface area (Å²) in [6.07, 6.45) is 0. The van der Waals surface area contributed by atoms with Crippen LogP contribution in [-0.2, 0) is 0 Å². The van der Waals surface area contributed by atoms with Crippen molar-refractivity contribution in [2.45, 2.75) is 0 Å². The number of anilines is 1. The molecule has 7 heteroatoms. The molecule has 2 aromatic rings. The largest absolute Gasteiger partial charge is 0.316 e. The fourth-order valence-electron chi connectivity index (χ4n) is 1.60. The number of carbonyl (C=O) groups is 1. The van der Waals surface area contributed by atoms with Crippen LogP contribution < -0.4 is 5.32 Å². The number of carbonyl (C=O) groups excluding carboxylic acids is 1. The molecule has 0 heterocycles. The van der Waals surface area contributed by atoms with E-state index in [4.69, 9.17) is 0 Å². The highest BCUT2D eigenvalue weighted by atomic mass is 79.9. The summed E-state index contributed by atoms with van der Waals surface area (Å²) in [5.74, 6) is -1.26. The lowest BCUT2D eigenvalue weighted by atomic mass is 10.2. The summed E-state index contributed by atoms with van der Waals surface area (Å²) < 4.78 is 13.6. The lowest BCUT2D eigenvalue weighted by Gasteiger charge is -2.07. The number of nitrogens with zero attached hydrogens (tertiary/aromatic N) is 1. The fourth-order valence-corrected chi connectivity index (χ4v) is 2.06. The molecule has 0 atom stereocenters. The molecule has 0 saturated carbocycles. The Labute approximate surface area is 121 Å². The van der Waals surface area contributed by atoms with Crippen molar-refractivity contribution in [2.24, 2.45) is 0 Å². The van der Waals surface area contributed by atoms with Gasteiger partial charge in [0.2, 0.25) is 0 Å². The van der Waals surface area contributed by atoms with Crippen LogP contribution in [0.5, 0.6) is 0 Å². The number of nitro groups is 1. The number of benzene rings is 2. The van der Waals surface area contributed by atoms with Gasteiger partial charge in [-0.25, -0.2) is 4.39 Å². The molecule has 0 bridgehead atoms. The summed E-state index contributed by atoms with van der Waals surface area (Å²) in [7, 11) is 0. The Morgan fingerprint density at radius 2 is 1.95 bits per heavy atom. The van der Waals surface area contributed by atoms with E-state index < -0.39 is 22.3 Å². The standard InChI is InChI=1S/C13H8BrFN2O3/c14-10-4-2-1-3-9(10)13(18)16-11-6-5-8(15)7-12(11)17(19)20/h1-7H,(H,16,18). The predicted molar refractivity (Wildman–Crippen MR) is 75.1 cm³/mol. The molecule has 0 radical (unpaired) electrons. The van der Waals surface area contributed by atoms with E-state index in [-0.39, 0.29) is 5.69 Å². The number of amides is 1. The molecule has 1 amide bonds. The summed E-state index contributed by atoms with van der Waals surface area (Å²) in [5, 5.41) is 13.2. The zero-order valence-electron chi connectivity index (χ0n) is 9.97. The predicted octanol–water partition coefficient (Wildman–Crippen LogP) is 3.75. The molecule has 1 N–H and O–H groups in total. The summed E-state index contributed by atoms with van der Waals surface area (Å²) in [5.41, 5.74) is -0.228. The van der Waals surface area contributed by atoms with Gasteiger partial charge in [-0.05, 0) is 40.2 Å². The van der Waals surface area contributed by atoms with Crippen LogP contribution in [0.1, 0.15) is 10.4 Å². The van der Waals surface area contributed by atoms with Crippen LogP contribution in [0, 0.1) is 15.9 Å². The van der Waals surface area contributed by atoms with Crippen LogP contribution in [0.4, 0.5) is 15.8 Å². The second kappa shape index (κ2) is 5.79. The van der Waals surface area contributed by atoms with Gasteiger partial charge in [0, 0.05) is 4.47 Å². The molecule has 0 spiro atoms. The normalized spacial score (nSPS) is 10.1. The minimum atomic E-state index is -0.751. The van der Waals surface area contributed by atoms with Gasteiger partial charge in [-0.2, -0.15) is 0 Å². The van der Waals surface area contributed by atoms with Crippen molar-refractivity contribution in [3.8, 4) is 0 Å². The quantitative estimate of drug-likeness (QED) is 0.684. The van der Waals surface area contributed by atoms with E-state index in [9.17, 15) is 19.3 Å². The van der Waals surface area contributed by atoms with Crippen LogP contribution in [0.3, 0.4) is 0 Å². The van der Waals surface area contributed by atoms with Gasteiger partial charge in [0.15, 0.2) is 0 Å². The number of hydrogen-bond donors (Lipinski definition) is 1. The molecule has 0 fully saturated rings. The molecule has 0 saturated heterocycles. The number of halogens is 2. The van der Waals surface area contributed by atoms with Gasteiger partial charge >= 0.3 is 0 Å². The first-order valence-electron chi connectivity index (χ1n) is 5.49. The van der Waals surface area contributed by atoms with E-state index in [1.54, 1.807) is 24.3 Å². The molecule has 5 nitrogen and oxygen atoms in total. The van der Waals surface area contributed by atoms with Gasteiger partial charge in [0.05, 0.1) is 16.6 Å².